The topological polar surface area (TPSA) is 61.5 Å². The summed E-state index contributed by atoms with van der Waals surface area (Å²) in [6.45, 7) is 0. The first kappa shape index (κ1) is 12.7. The van der Waals surface area contributed by atoms with Crippen molar-refractivity contribution >= 4 is 17.2 Å². The Balaban J connectivity index is 2.22. The van der Waals surface area contributed by atoms with Crippen LogP contribution in [0.25, 0.3) is 17.0 Å². The van der Waals surface area contributed by atoms with Gasteiger partial charge in [-0.2, -0.15) is 0 Å². The maximum atomic E-state index is 5.99. The molecule has 0 saturated heterocycles. The van der Waals surface area contributed by atoms with Gasteiger partial charge in [-0.1, -0.05) is 11.6 Å². The van der Waals surface area contributed by atoms with Gasteiger partial charge in [0.25, 0.3) is 0 Å². The van der Waals surface area contributed by atoms with Crippen LogP contribution in [0.1, 0.15) is 0 Å². The van der Waals surface area contributed by atoms with Crippen molar-refractivity contribution in [1.82, 2.24) is 19.6 Å². The minimum atomic E-state index is 0.307. The Morgan fingerprint density at radius 3 is 2.40 bits per heavy atom. The molecule has 0 aliphatic rings. The van der Waals surface area contributed by atoms with E-state index in [1.54, 1.807) is 37.1 Å². The van der Waals surface area contributed by atoms with E-state index in [0.29, 0.717) is 28.1 Å². The first-order valence-corrected chi connectivity index (χ1v) is 6.19. The molecule has 6 nitrogen and oxygen atoms in total. The van der Waals surface area contributed by atoms with E-state index in [1.165, 1.54) is 0 Å². The maximum absolute atomic E-state index is 5.99. The Morgan fingerprint density at radius 1 is 1.05 bits per heavy atom. The van der Waals surface area contributed by atoms with Crippen molar-refractivity contribution < 1.29 is 9.47 Å². The Labute approximate surface area is 119 Å². The Morgan fingerprint density at radius 2 is 1.75 bits per heavy atom. The zero-order chi connectivity index (χ0) is 14.1. The molecule has 2 aromatic heterocycles. The second-order valence-electron chi connectivity index (χ2n) is 4.04. The number of nitrogens with zero attached hydrogens (tertiary/aromatic N) is 4. The molecule has 0 atom stereocenters. The number of benzene rings is 1. The predicted molar refractivity (Wildman–Crippen MR) is 74.3 cm³/mol. The summed E-state index contributed by atoms with van der Waals surface area (Å²) in [6, 6.07) is 5.50. The van der Waals surface area contributed by atoms with Gasteiger partial charge in [0.05, 0.1) is 14.2 Å². The minimum Gasteiger partial charge on any atom is -0.497 e. The quantitative estimate of drug-likeness (QED) is 0.741. The summed E-state index contributed by atoms with van der Waals surface area (Å²) >= 11 is 5.99. The van der Waals surface area contributed by atoms with E-state index in [9.17, 15) is 0 Å². The molecule has 20 heavy (non-hydrogen) atoms. The molecule has 0 fully saturated rings. The lowest BCUT2D eigenvalue weighted by Crippen LogP contribution is -1.93. The largest absolute Gasteiger partial charge is 0.497 e. The van der Waals surface area contributed by atoms with Crippen LogP contribution in [0.4, 0.5) is 0 Å². The Hall–Kier alpha value is -2.34. The Kier molecular flexibility index (Phi) is 3.15. The summed E-state index contributed by atoms with van der Waals surface area (Å²) < 4.78 is 12.3. The van der Waals surface area contributed by atoms with E-state index in [4.69, 9.17) is 21.1 Å². The van der Waals surface area contributed by atoms with Crippen molar-refractivity contribution in [2.75, 3.05) is 14.2 Å². The molecule has 2 heterocycles. The van der Waals surface area contributed by atoms with Crippen LogP contribution in [-0.4, -0.2) is 33.8 Å². The van der Waals surface area contributed by atoms with E-state index >= 15 is 0 Å². The number of aromatic nitrogens is 4. The monoisotopic (exact) mass is 290 g/mol. The van der Waals surface area contributed by atoms with Crippen molar-refractivity contribution in [3.63, 3.8) is 0 Å². The number of hydrogen-bond donors (Lipinski definition) is 0. The number of ether oxygens (including phenoxy) is 2. The second kappa shape index (κ2) is 4.97. The van der Waals surface area contributed by atoms with Crippen LogP contribution in [0.2, 0.25) is 5.15 Å². The highest BCUT2D eigenvalue weighted by Gasteiger charge is 2.13. The highest BCUT2D eigenvalue weighted by molar-refractivity contribution is 6.32. The van der Waals surface area contributed by atoms with Gasteiger partial charge in [-0.05, 0) is 12.1 Å². The highest BCUT2D eigenvalue weighted by atomic mass is 35.5. The fourth-order valence-electron chi connectivity index (χ4n) is 1.93. The molecule has 0 saturated carbocycles. The van der Waals surface area contributed by atoms with Crippen LogP contribution < -0.4 is 9.47 Å². The molecule has 1 aromatic carbocycles. The molecule has 0 radical (unpaired) electrons. The van der Waals surface area contributed by atoms with Crippen molar-refractivity contribution in [2.24, 2.45) is 0 Å². The summed E-state index contributed by atoms with van der Waals surface area (Å²) in [6.07, 6.45) is 3.35. The van der Waals surface area contributed by atoms with Crippen LogP contribution in [0.3, 0.4) is 0 Å². The molecule has 0 amide bonds. The van der Waals surface area contributed by atoms with E-state index in [0.717, 1.165) is 5.56 Å². The van der Waals surface area contributed by atoms with Gasteiger partial charge >= 0.3 is 0 Å². The van der Waals surface area contributed by atoms with Gasteiger partial charge in [-0.3, -0.25) is 4.40 Å². The maximum Gasteiger partial charge on any atom is 0.198 e. The number of fused-ring (bicyclic) bond motifs is 1. The molecule has 0 bridgehead atoms. The fourth-order valence-corrected chi connectivity index (χ4v) is 2.11. The van der Waals surface area contributed by atoms with Crippen LogP contribution >= 0.6 is 11.6 Å². The summed E-state index contributed by atoms with van der Waals surface area (Å²) in [5, 5.41) is 8.50. The zero-order valence-corrected chi connectivity index (χ0v) is 11.6. The van der Waals surface area contributed by atoms with Crippen molar-refractivity contribution in [1.29, 1.82) is 0 Å². The normalized spacial score (nSPS) is 10.8. The number of hydrogen-bond acceptors (Lipinski definition) is 5. The number of rotatable bonds is 3. The standard InChI is InChI=1S/C13H11ClN4O2/c1-19-9-5-8(6-10(7-9)20-2)12-16-17-13-11(14)15-3-4-18(12)13/h3-7H,1-2H3. The van der Waals surface area contributed by atoms with E-state index in [-0.39, 0.29) is 0 Å². The van der Waals surface area contributed by atoms with E-state index in [2.05, 4.69) is 15.2 Å². The minimum absolute atomic E-state index is 0.307. The third-order valence-corrected chi connectivity index (χ3v) is 3.16. The molecule has 0 N–H and O–H groups in total. The first-order chi connectivity index (χ1) is 9.72. The third kappa shape index (κ3) is 2.04. The fraction of sp³-hybridized carbons (Fsp3) is 0.154. The van der Waals surface area contributed by atoms with Gasteiger partial charge in [0.1, 0.15) is 11.5 Å². The molecule has 3 rings (SSSR count). The predicted octanol–water partition coefficient (Wildman–Crippen LogP) is 2.46. The first-order valence-electron chi connectivity index (χ1n) is 5.81. The van der Waals surface area contributed by atoms with Crippen LogP contribution in [0, 0.1) is 0 Å². The van der Waals surface area contributed by atoms with Crippen molar-refractivity contribution in [3.05, 3.63) is 35.7 Å². The molecular formula is C13H11ClN4O2. The molecule has 0 aliphatic carbocycles. The van der Waals surface area contributed by atoms with Crippen LogP contribution in [-0.2, 0) is 0 Å². The lowest BCUT2D eigenvalue weighted by molar-refractivity contribution is 0.394. The molecule has 0 aliphatic heterocycles. The molecule has 0 spiro atoms. The van der Waals surface area contributed by atoms with E-state index in [1.807, 2.05) is 12.1 Å². The van der Waals surface area contributed by atoms with Crippen molar-refractivity contribution in [3.8, 4) is 22.9 Å². The average Bonchev–Trinajstić information content (AvgIpc) is 2.92. The highest BCUT2D eigenvalue weighted by Crippen LogP contribution is 2.29. The van der Waals surface area contributed by atoms with Gasteiger partial charge in [0.2, 0.25) is 0 Å². The van der Waals surface area contributed by atoms with Gasteiger partial charge in [0, 0.05) is 24.0 Å². The average molecular weight is 291 g/mol. The van der Waals surface area contributed by atoms with Gasteiger partial charge in [-0.15, -0.1) is 10.2 Å². The SMILES string of the molecule is COc1cc(OC)cc(-c2nnc3c(Cl)nccn23)c1. The number of halogens is 1. The molecule has 3 aromatic rings. The summed E-state index contributed by atoms with van der Waals surface area (Å²) in [5.41, 5.74) is 1.32. The molecular weight excluding hydrogens is 280 g/mol. The Bertz CT molecular complexity index is 750. The lowest BCUT2D eigenvalue weighted by Gasteiger charge is -2.07. The summed E-state index contributed by atoms with van der Waals surface area (Å²) in [5.74, 6) is 1.99. The smallest absolute Gasteiger partial charge is 0.198 e. The molecule has 0 unspecified atom stereocenters. The number of methoxy groups -OCH3 is 2. The molecule has 7 heteroatoms. The second-order valence-corrected chi connectivity index (χ2v) is 4.39. The third-order valence-electron chi connectivity index (χ3n) is 2.89. The van der Waals surface area contributed by atoms with Crippen molar-refractivity contribution in [2.45, 2.75) is 0 Å². The molecule has 102 valence electrons. The van der Waals surface area contributed by atoms with Gasteiger partial charge in [-0.25, -0.2) is 4.98 Å². The van der Waals surface area contributed by atoms with Gasteiger partial charge < -0.3 is 9.47 Å². The zero-order valence-electron chi connectivity index (χ0n) is 10.9. The van der Waals surface area contributed by atoms with Gasteiger partial charge in [0.15, 0.2) is 16.6 Å². The summed E-state index contributed by atoms with van der Waals surface area (Å²) in [7, 11) is 3.20. The van der Waals surface area contributed by atoms with Crippen LogP contribution in [0.5, 0.6) is 11.5 Å². The summed E-state index contributed by atoms with van der Waals surface area (Å²) in [4.78, 5) is 3.97. The van der Waals surface area contributed by atoms with Crippen LogP contribution in [0.15, 0.2) is 30.6 Å². The lowest BCUT2D eigenvalue weighted by atomic mass is 10.2. The van der Waals surface area contributed by atoms with E-state index < -0.39 is 0 Å².